The van der Waals surface area contributed by atoms with Crippen LogP contribution in [0, 0.1) is 40.4 Å². The van der Waals surface area contributed by atoms with Gasteiger partial charge in [0.15, 0.2) is 0 Å². The van der Waals surface area contributed by atoms with Gasteiger partial charge in [-0.1, -0.05) is 40.0 Å². The quantitative estimate of drug-likeness (QED) is 0.536. The van der Waals surface area contributed by atoms with Crippen molar-refractivity contribution in [3.8, 4) is 0 Å². The molecule has 1 N–H and O–H groups in total. The summed E-state index contributed by atoms with van der Waals surface area (Å²) >= 11 is 0. The Morgan fingerprint density at radius 3 is 2.35 bits per heavy atom. The number of rotatable bonds is 4. The smallest absolute Gasteiger partial charge is 0.0622 e. The van der Waals surface area contributed by atoms with Crippen molar-refractivity contribution in [1.82, 2.24) is 0 Å². The molecule has 4 rings (SSSR count). The lowest BCUT2D eigenvalue weighted by Gasteiger charge is -2.62. The molecule has 150 valence electrons. The van der Waals surface area contributed by atoms with Crippen molar-refractivity contribution >= 4 is 0 Å². The number of fused-ring (bicyclic) bond motifs is 5. The van der Waals surface area contributed by atoms with Crippen molar-refractivity contribution in [3.63, 3.8) is 0 Å². The van der Waals surface area contributed by atoms with Crippen LogP contribution in [0.15, 0.2) is 0 Å². The fraction of sp³-hybridized carbons (Fsp3) is 1.00. The van der Waals surface area contributed by atoms with Crippen LogP contribution < -0.4 is 0 Å². The summed E-state index contributed by atoms with van der Waals surface area (Å²) in [7, 11) is 0. The van der Waals surface area contributed by atoms with Gasteiger partial charge in [0.1, 0.15) is 0 Å². The van der Waals surface area contributed by atoms with E-state index in [2.05, 4.69) is 27.7 Å². The molecule has 1 nitrogen and oxygen atoms in total. The van der Waals surface area contributed by atoms with Gasteiger partial charge in [0.2, 0.25) is 0 Å². The summed E-state index contributed by atoms with van der Waals surface area (Å²) in [5.41, 5.74) is 0.781. The molecule has 4 saturated carbocycles. The van der Waals surface area contributed by atoms with Crippen molar-refractivity contribution in [2.45, 2.75) is 117 Å². The second-order valence-corrected chi connectivity index (χ2v) is 11.7. The minimum atomic E-state index is -0.391. The Bertz CT molecular complexity index is 510. The second kappa shape index (κ2) is 6.78. The first-order valence-corrected chi connectivity index (χ1v) is 12.0. The lowest BCUT2D eigenvalue weighted by Crippen LogP contribution is -2.55. The van der Waals surface area contributed by atoms with Crippen molar-refractivity contribution in [2.75, 3.05) is 0 Å². The molecule has 4 aliphatic rings. The molecule has 0 amide bonds. The molecule has 8 atom stereocenters. The fourth-order valence-electron chi connectivity index (χ4n) is 8.65. The van der Waals surface area contributed by atoms with Gasteiger partial charge >= 0.3 is 0 Å². The number of aliphatic hydroxyl groups is 1. The van der Waals surface area contributed by atoms with Gasteiger partial charge in [0.05, 0.1) is 5.60 Å². The highest BCUT2D eigenvalue weighted by Crippen LogP contribution is 2.68. The molecule has 8 unspecified atom stereocenters. The summed E-state index contributed by atoms with van der Waals surface area (Å²) < 4.78 is 0. The van der Waals surface area contributed by atoms with E-state index in [4.69, 9.17) is 0 Å². The summed E-state index contributed by atoms with van der Waals surface area (Å²) in [5, 5.41) is 10.7. The molecule has 4 fully saturated rings. The lowest BCUT2D eigenvalue weighted by molar-refractivity contribution is -0.146. The van der Waals surface area contributed by atoms with Crippen LogP contribution in [0.3, 0.4) is 0 Å². The van der Waals surface area contributed by atoms with Crippen molar-refractivity contribution in [1.29, 1.82) is 0 Å². The van der Waals surface area contributed by atoms with Gasteiger partial charge < -0.3 is 5.11 Å². The molecule has 0 aromatic rings. The average molecular weight is 361 g/mol. The van der Waals surface area contributed by atoms with E-state index in [-0.39, 0.29) is 0 Å². The Labute approximate surface area is 162 Å². The third-order valence-corrected chi connectivity index (χ3v) is 10.3. The summed E-state index contributed by atoms with van der Waals surface area (Å²) in [6.45, 7) is 9.75. The van der Waals surface area contributed by atoms with Crippen LogP contribution in [-0.2, 0) is 0 Å². The summed E-state index contributed by atoms with van der Waals surface area (Å²) in [6, 6.07) is 0. The zero-order valence-electron chi connectivity index (χ0n) is 18.0. The van der Waals surface area contributed by atoms with E-state index in [0.717, 1.165) is 42.4 Å². The first-order chi connectivity index (χ1) is 12.3. The van der Waals surface area contributed by atoms with Crippen LogP contribution in [0.25, 0.3) is 0 Å². The molecule has 0 radical (unpaired) electrons. The zero-order chi connectivity index (χ0) is 18.6. The molecule has 26 heavy (non-hydrogen) atoms. The van der Waals surface area contributed by atoms with E-state index in [0.29, 0.717) is 10.8 Å². The Morgan fingerprint density at radius 2 is 1.58 bits per heavy atom. The van der Waals surface area contributed by atoms with Gasteiger partial charge in [0.25, 0.3) is 0 Å². The highest BCUT2D eigenvalue weighted by atomic mass is 16.3. The molecule has 0 heterocycles. The molecule has 0 spiro atoms. The molecule has 0 bridgehead atoms. The van der Waals surface area contributed by atoms with Crippen molar-refractivity contribution in [2.24, 2.45) is 40.4 Å². The van der Waals surface area contributed by atoms with Crippen LogP contribution in [0.4, 0.5) is 0 Å². The first kappa shape index (κ1) is 19.3. The standard InChI is InChI=1S/C25H44O/c1-5-6-7-8-18-10-12-21-20-11-9-19-17-23(2,26)15-16-25(19,4)22(20)13-14-24(18,21)3/h18-22,26H,5-17H2,1-4H3. The normalized spacial score (nSPS) is 53.7. The third-order valence-electron chi connectivity index (χ3n) is 10.3. The van der Waals surface area contributed by atoms with Crippen LogP contribution >= 0.6 is 0 Å². The number of hydrogen-bond donors (Lipinski definition) is 1. The Hall–Kier alpha value is -0.0400. The van der Waals surface area contributed by atoms with E-state index in [1.807, 2.05) is 0 Å². The maximum Gasteiger partial charge on any atom is 0.0622 e. The summed E-state index contributed by atoms with van der Waals surface area (Å²) in [6.07, 6.45) is 18.0. The van der Waals surface area contributed by atoms with Gasteiger partial charge in [-0.3, -0.25) is 0 Å². The van der Waals surface area contributed by atoms with Gasteiger partial charge in [-0.15, -0.1) is 0 Å². The summed E-state index contributed by atoms with van der Waals surface area (Å²) in [4.78, 5) is 0. The molecule has 0 aliphatic heterocycles. The topological polar surface area (TPSA) is 20.2 Å². The fourth-order valence-corrected chi connectivity index (χ4v) is 8.65. The molecular weight excluding hydrogens is 316 g/mol. The van der Waals surface area contributed by atoms with E-state index < -0.39 is 5.60 Å². The Balaban J connectivity index is 1.50. The predicted molar refractivity (Wildman–Crippen MR) is 110 cm³/mol. The minimum absolute atomic E-state index is 0.391. The average Bonchev–Trinajstić information content (AvgIpc) is 2.92. The second-order valence-electron chi connectivity index (χ2n) is 11.7. The van der Waals surface area contributed by atoms with Gasteiger partial charge in [-0.25, -0.2) is 0 Å². The van der Waals surface area contributed by atoms with E-state index in [1.54, 1.807) is 0 Å². The molecule has 0 saturated heterocycles. The largest absolute Gasteiger partial charge is 0.390 e. The number of unbranched alkanes of at least 4 members (excludes halogenated alkanes) is 2. The van der Waals surface area contributed by atoms with Gasteiger partial charge in [-0.05, 0) is 112 Å². The molecule has 1 heteroatoms. The maximum atomic E-state index is 10.7. The molecule has 0 aromatic heterocycles. The molecule has 4 aliphatic carbocycles. The van der Waals surface area contributed by atoms with Gasteiger partial charge in [0, 0.05) is 0 Å². The van der Waals surface area contributed by atoms with Crippen LogP contribution in [0.1, 0.15) is 111 Å². The van der Waals surface area contributed by atoms with E-state index in [1.165, 1.54) is 70.6 Å². The summed E-state index contributed by atoms with van der Waals surface area (Å²) in [5.74, 6) is 4.74. The molecular formula is C25H44O. The maximum absolute atomic E-state index is 10.7. The lowest BCUT2D eigenvalue weighted by atomic mass is 9.44. The van der Waals surface area contributed by atoms with Crippen LogP contribution in [-0.4, -0.2) is 10.7 Å². The number of hydrogen-bond acceptors (Lipinski definition) is 1. The van der Waals surface area contributed by atoms with Crippen molar-refractivity contribution in [3.05, 3.63) is 0 Å². The Morgan fingerprint density at radius 1 is 0.808 bits per heavy atom. The van der Waals surface area contributed by atoms with Gasteiger partial charge in [-0.2, -0.15) is 0 Å². The Kier molecular flexibility index (Phi) is 5.03. The van der Waals surface area contributed by atoms with Crippen LogP contribution in [0.5, 0.6) is 0 Å². The minimum Gasteiger partial charge on any atom is -0.390 e. The van der Waals surface area contributed by atoms with Crippen LogP contribution in [0.2, 0.25) is 0 Å². The third kappa shape index (κ3) is 2.99. The van der Waals surface area contributed by atoms with Crippen molar-refractivity contribution < 1.29 is 5.11 Å². The SMILES string of the molecule is CCCCCC1CCC2C3CCC4CC(C)(O)CCC4(C)C3CCC12C. The zero-order valence-corrected chi connectivity index (χ0v) is 18.0. The highest BCUT2D eigenvalue weighted by molar-refractivity contribution is 5.10. The van der Waals surface area contributed by atoms with E-state index >= 15 is 0 Å². The highest BCUT2D eigenvalue weighted by Gasteiger charge is 2.60. The first-order valence-electron chi connectivity index (χ1n) is 12.0. The van der Waals surface area contributed by atoms with E-state index in [9.17, 15) is 5.11 Å². The predicted octanol–water partition coefficient (Wildman–Crippen LogP) is 6.98. The monoisotopic (exact) mass is 360 g/mol. The molecule has 0 aromatic carbocycles.